The van der Waals surface area contributed by atoms with Gasteiger partial charge in [0.2, 0.25) is 11.8 Å². The van der Waals surface area contributed by atoms with E-state index in [1.54, 1.807) is 29.2 Å². The molecule has 1 unspecified atom stereocenters. The summed E-state index contributed by atoms with van der Waals surface area (Å²) in [6.45, 7) is 0.590. The molecule has 2 N–H and O–H groups in total. The molecule has 2 rings (SSSR count). The first-order valence-corrected chi connectivity index (χ1v) is 7.31. The van der Waals surface area contributed by atoms with Crippen molar-refractivity contribution in [1.29, 1.82) is 5.26 Å². The minimum atomic E-state index is -0.978. The number of nitrogens with one attached hydrogen (secondary N) is 1. The Bertz CT molecular complexity index is 648. The normalized spacial score (nSPS) is 16.9. The zero-order valence-corrected chi connectivity index (χ0v) is 12.5. The molecule has 0 saturated carbocycles. The molecule has 1 saturated heterocycles. The SMILES string of the molecule is N#Cc1ccc(N2CCC(CC(=O)NCCC(=O)O)C2=O)cc1. The Hall–Kier alpha value is -2.88. The van der Waals surface area contributed by atoms with E-state index >= 15 is 0 Å². The van der Waals surface area contributed by atoms with Crippen LogP contribution in [0.25, 0.3) is 0 Å². The van der Waals surface area contributed by atoms with Gasteiger partial charge in [0.15, 0.2) is 0 Å². The summed E-state index contributed by atoms with van der Waals surface area (Å²) >= 11 is 0. The summed E-state index contributed by atoms with van der Waals surface area (Å²) in [4.78, 5) is 36.1. The molecule has 0 aromatic heterocycles. The predicted molar refractivity (Wildman–Crippen MR) is 81.5 cm³/mol. The Kier molecular flexibility index (Phi) is 5.31. The number of carbonyl (C=O) groups is 3. The van der Waals surface area contributed by atoms with Crippen LogP contribution in [0, 0.1) is 17.2 Å². The Morgan fingerprint density at radius 2 is 2.04 bits per heavy atom. The van der Waals surface area contributed by atoms with Crippen molar-refractivity contribution >= 4 is 23.5 Å². The summed E-state index contributed by atoms with van der Waals surface area (Å²) in [5, 5.41) is 19.8. The molecule has 1 heterocycles. The smallest absolute Gasteiger partial charge is 0.305 e. The second kappa shape index (κ2) is 7.40. The number of hydrogen-bond acceptors (Lipinski definition) is 4. The number of hydrogen-bond donors (Lipinski definition) is 2. The highest BCUT2D eigenvalue weighted by Crippen LogP contribution is 2.27. The van der Waals surface area contributed by atoms with Crippen molar-refractivity contribution in [2.75, 3.05) is 18.0 Å². The molecular formula is C16H17N3O4. The highest BCUT2D eigenvalue weighted by Gasteiger charge is 2.33. The standard InChI is InChI=1S/C16H17N3O4/c17-10-11-1-3-13(4-2-11)19-8-6-12(16(19)23)9-14(20)18-7-5-15(21)22/h1-4,12H,5-9H2,(H,18,20)(H,21,22). The van der Waals surface area contributed by atoms with E-state index in [4.69, 9.17) is 10.4 Å². The minimum Gasteiger partial charge on any atom is -0.481 e. The highest BCUT2D eigenvalue weighted by atomic mass is 16.4. The number of nitriles is 1. The number of amides is 2. The second-order valence-corrected chi connectivity index (χ2v) is 5.33. The van der Waals surface area contributed by atoms with E-state index in [9.17, 15) is 14.4 Å². The van der Waals surface area contributed by atoms with Gasteiger partial charge in [-0.3, -0.25) is 14.4 Å². The number of carbonyl (C=O) groups excluding carboxylic acids is 2. The Morgan fingerprint density at radius 3 is 2.65 bits per heavy atom. The van der Waals surface area contributed by atoms with E-state index in [0.717, 1.165) is 0 Å². The lowest BCUT2D eigenvalue weighted by atomic mass is 10.0. The lowest BCUT2D eigenvalue weighted by Crippen LogP contribution is -2.31. The van der Waals surface area contributed by atoms with Crippen LogP contribution < -0.4 is 10.2 Å². The van der Waals surface area contributed by atoms with Crippen molar-refractivity contribution in [3.63, 3.8) is 0 Å². The van der Waals surface area contributed by atoms with E-state index in [-0.39, 0.29) is 31.2 Å². The van der Waals surface area contributed by atoms with Gasteiger partial charge in [0.05, 0.1) is 18.1 Å². The molecule has 1 aliphatic heterocycles. The van der Waals surface area contributed by atoms with Crippen molar-refractivity contribution in [2.24, 2.45) is 5.92 Å². The summed E-state index contributed by atoms with van der Waals surface area (Å²) in [6.07, 6.45) is 0.498. The van der Waals surface area contributed by atoms with Gasteiger partial charge in [-0.1, -0.05) is 0 Å². The Balaban J connectivity index is 1.89. The first kappa shape index (κ1) is 16.5. The molecule has 0 radical (unpaired) electrons. The van der Waals surface area contributed by atoms with Gasteiger partial charge in [-0.15, -0.1) is 0 Å². The van der Waals surface area contributed by atoms with Gasteiger partial charge in [-0.05, 0) is 30.7 Å². The van der Waals surface area contributed by atoms with Gasteiger partial charge in [0.25, 0.3) is 0 Å². The molecular weight excluding hydrogens is 298 g/mol. The van der Waals surface area contributed by atoms with Crippen LogP contribution in [0.2, 0.25) is 0 Å². The van der Waals surface area contributed by atoms with Crippen LogP contribution >= 0.6 is 0 Å². The number of nitrogens with zero attached hydrogens (tertiary/aromatic N) is 2. The molecule has 120 valence electrons. The van der Waals surface area contributed by atoms with E-state index < -0.39 is 11.9 Å². The highest BCUT2D eigenvalue weighted by molar-refractivity contribution is 5.99. The van der Waals surface area contributed by atoms with Crippen molar-refractivity contribution in [2.45, 2.75) is 19.3 Å². The fraction of sp³-hybridized carbons (Fsp3) is 0.375. The van der Waals surface area contributed by atoms with Crippen molar-refractivity contribution < 1.29 is 19.5 Å². The zero-order valence-electron chi connectivity index (χ0n) is 12.5. The van der Waals surface area contributed by atoms with E-state index in [2.05, 4.69) is 5.32 Å². The molecule has 1 aliphatic rings. The first-order valence-electron chi connectivity index (χ1n) is 7.31. The molecule has 23 heavy (non-hydrogen) atoms. The van der Waals surface area contributed by atoms with Crippen molar-refractivity contribution in [3.8, 4) is 6.07 Å². The van der Waals surface area contributed by atoms with Crippen LogP contribution in [-0.2, 0) is 14.4 Å². The third kappa shape index (κ3) is 4.30. The van der Waals surface area contributed by atoms with Crippen LogP contribution in [0.4, 0.5) is 5.69 Å². The zero-order chi connectivity index (χ0) is 16.8. The van der Waals surface area contributed by atoms with Gasteiger partial charge in [-0.25, -0.2) is 0 Å². The summed E-state index contributed by atoms with van der Waals surface area (Å²) < 4.78 is 0. The number of aliphatic carboxylic acids is 1. The number of benzene rings is 1. The second-order valence-electron chi connectivity index (χ2n) is 5.33. The Morgan fingerprint density at radius 1 is 1.35 bits per heavy atom. The van der Waals surface area contributed by atoms with Crippen LogP contribution in [0.5, 0.6) is 0 Å². The molecule has 0 spiro atoms. The maximum absolute atomic E-state index is 12.4. The van der Waals surface area contributed by atoms with Crippen LogP contribution in [0.3, 0.4) is 0 Å². The third-order valence-electron chi connectivity index (χ3n) is 3.72. The minimum absolute atomic E-state index is 0.0607. The number of rotatable bonds is 6. The summed E-state index contributed by atoms with van der Waals surface area (Å²) in [7, 11) is 0. The molecule has 7 heteroatoms. The third-order valence-corrected chi connectivity index (χ3v) is 3.72. The quantitative estimate of drug-likeness (QED) is 0.810. The Labute approximate surface area is 133 Å². The average Bonchev–Trinajstić information content (AvgIpc) is 2.88. The molecule has 7 nitrogen and oxygen atoms in total. The van der Waals surface area contributed by atoms with Gasteiger partial charge >= 0.3 is 5.97 Å². The number of anilines is 1. The maximum Gasteiger partial charge on any atom is 0.305 e. The molecule has 1 aromatic rings. The molecule has 0 aliphatic carbocycles. The first-order chi connectivity index (χ1) is 11.0. The lowest BCUT2D eigenvalue weighted by Gasteiger charge is -2.16. The summed E-state index contributed by atoms with van der Waals surface area (Å²) in [5.74, 6) is -1.81. The fourth-order valence-corrected chi connectivity index (χ4v) is 2.51. The van der Waals surface area contributed by atoms with Crippen LogP contribution in [0.1, 0.15) is 24.8 Å². The van der Waals surface area contributed by atoms with E-state index in [0.29, 0.717) is 24.2 Å². The molecule has 2 amide bonds. The van der Waals surface area contributed by atoms with Gasteiger partial charge in [-0.2, -0.15) is 5.26 Å². The molecule has 1 aromatic carbocycles. The van der Waals surface area contributed by atoms with Crippen LogP contribution in [-0.4, -0.2) is 36.0 Å². The van der Waals surface area contributed by atoms with Crippen molar-refractivity contribution in [1.82, 2.24) is 5.32 Å². The lowest BCUT2D eigenvalue weighted by molar-refractivity contribution is -0.137. The average molecular weight is 315 g/mol. The largest absolute Gasteiger partial charge is 0.481 e. The molecule has 1 atom stereocenters. The summed E-state index contributed by atoms with van der Waals surface area (Å²) in [5.41, 5.74) is 1.23. The molecule has 1 fully saturated rings. The van der Waals surface area contributed by atoms with Gasteiger partial charge in [0.1, 0.15) is 0 Å². The van der Waals surface area contributed by atoms with Crippen LogP contribution in [0.15, 0.2) is 24.3 Å². The number of carboxylic acid groups (broad SMARTS) is 1. The fourth-order valence-electron chi connectivity index (χ4n) is 2.51. The number of carboxylic acids is 1. The monoisotopic (exact) mass is 315 g/mol. The van der Waals surface area contributed by atoms with Gasteiger partial charge < -0.3 is 15.3 Å². The van der Waals surface area contributed by atoms with Gasteiger partial charge in [0, 0.05) is 31.1 Å². The summed E-state index contributed by atoms with van der Waals surface area (Å²) in [6, 6.07) is 8.74. The predicted octanol–water partition coefficient (Wildman–Crippen LogP) is 0.892. The van der Waals surface area contributed by atoms with E-state index in [1.165, 1.54) is 0 Å². The maximum atomic E-state index is 12.4. The van der Waals surface area contributed by atoms with E-state index in [1.807, 2.05) is 6.07 Å². The molecule has 0 bridgehead atoms. The topological polar surface area (TPSA) is 110 Å². The van der Waals surface area contributed by atoms with Crippen molar-refractivity contribution in [3.05, 3.63) is 29.8 Å².